The molecule has 1 saturated heterocycles. The van der Waals surface area contributed by atoms with Crippen molar-refractivity contribution in [2.75, 3.05) is 19.6 Å². The number of hydrogen-bond acceptors (Lipinski definition) is 3. The fourth-order valence-corrected chi connectivity index (χ4v) is 2.72. The van der Waals surface area contributed by atoms with Crippen LogP contribution in [0.15, 0.2) is 0 Å². The number of piperidine rings is 1. The highest BCUT2D eigenvalue weighted by Crippen LogP contribution is 2.09. The van der Waals surface area contributed by atoms with Crippen molar-refractivity contribution in [1.82, 2.24) is 9.62 Å². The molecule has 1 aliphatic rings. The average Bonchev–Trinajstić information content (AvgIpc) is 2.17. The highest BCUT2D eigenvalue weighted by molar-refractivity contribution is 7.86. The van der Waals surface area contributed by atoms with Crippen LogP contribution in [-0.2, 0) is 10.2 Å². The lowest BCUT2D eigenvalue weighted by Gasteiger charge is -2.28. The zero-order valence-corrected chi connectivity index (χ0v) is 10.1. The maximum absolute atomic E-state index is 11.3. The van der Waals surface area contributed by atoms with Crippen molar-refractivity contribution in [2.45, 2.75) is 38.6 Å². The number of hydrogen-bond donors (Lipinski definition) is 2. The Morgan fingerprint density at radius 1 is 1.47 bits per heavy atom. The quantitative estimate of drug-likeness (QED) is 0.706. The summed E-state index contributed by atoms with van der Waals surface area (Å²) in [5.41, 5.74) is 0. The van der Waals surface area contributed by atoms with Crippen LogP contribution in [-0.4, -0.2) is 38.4 Å². The summed E-state index contributed by atoms with van der Waals surface area (Å²) in [6.07, 6.45) is 4.18. The van der Waals surface area contributed by atoms with Crippen molar-refractivity contribution in [3.63, 3.8) is 0 Å². The largest absolute Gasteiger partial charge is 0.313 e. The zero-order chi connectivity index (χ0) is 11.3. The van der Waals surface area contributed by atoms with Crippen LogP contribution >= 0.6 is 0 Å². The molecule has 1 fully saturated rings. The van der Waals surface area contributed by atoms with Gasteiger partial charge < -0.3 is 5.32 Å². The lowest BCUT2D eigenvalue weighted by Crippen LogP contribution is -2.47. The Hall–Kier alpha value is -0.170. The normalized spacial score (nSPS) is 23.3. The van der Waals surface area contributed by atoms with Gasteiger partial charge in [-0.05, 0) is 25.8 Å². The van der Waals surface area contributed by atoms with E-state index in [0.717, 1.165) is 19.4 Å². The zero-order valence-electron chi connectivity index (χ0n) is 9.28. The second-order valence-electron chi connectivity index (χ2n) is 4.05. The lowest BCUT2D eigenvalue weighted by atomic mass is 10.1. The molecule has 90 valence electrons. The highest BCUT2D eigenvalue weighted by Gasteiger charge is 2.22. The van der Waals surface area contributed by atoms with E-state index in [1.165, 1.54) is 17.1 Å². The van der Waals surface area contributed by atoms with Gasteiger partial charge in [-0.1, -0.05) is 13.3 Å². The van der Waals surface area contributed by atoms with Crippen LogP contribution < -0.4 is 10.5 Å². The van der Waals surface area contributed by atoms with Gasteiger partial charge in [0, 0.05) is 19.1 Å². The molecule has 3 N–H and O–H groups in total. The minimum Gasteiger partial charge on any atom is -0.313 e. The molecule has 0 spiro atoms. The Morgan fingerprint density at radius 3 is 2.67 bits per heavy atom. The third-order valence-electron chi connectivity index (χ3n) is 2.67. The fourth-order valence-electron chi connectivity index (χ4n) is 1.90. The van der Waals surface area contributed by atoms with E-state index in [9.17, 15) is 8.42 Å². The van der Waals surface area contributed by atoms with Gasteiger partial charge in [0.1, 0.15) is 0 Å². The van der Waals surface area contributed by atoms with Gasteiger partial charge in [0.05, 0.1) is 0 Å². The van der Waals surface area contributed by atoms with Crippen molar-refractivity contribution in [1.29, 1.82) is 0 Å². The molecule has 0 bridgehead atoms. The maximum atomic E-state index is 11.3. The van der Waals surface area contributed by atoms with Crippen LogP contribution in [0.3, 0.4) is 0 Å². The number of nitrogens with zero attached hydrogens (tertiary/aromatic N) is 1. The molecule has 0 amide bonds. The van der Waals surface area contributed by atoms with Crippen LogP contribution in [0.25, 0.3) is 0 Å². The summed E-state index contributed by atoms with van der Waals surface area (Å²) in [5, 5.41) is 8.47. The van der Waals surface area contributed by atoms with Crippen LogP contribution in [0.4, 0.5) is 0 Å². The van der Waals surface area contributed by atoms with Gasteiger partial charge in [0.2, 0.25) is 0 Å². The second-order valence-corrected chi connectivity index (χ2v) is 5.60. The molecule has 0 aliphatic carbocycles. The van der Waals surface area contributed by atoms with E-state index in [1.807, 2.05) is 6.92 Å². The van der Waals surface area contributed by atoms with Crippen molar-refractivity contribution in [3.05, 3.63) is 0 Å². The Bertz CT molecular complexity index is 273. The van der Waals surface area contributed by atoms with Gasteiger partial charge >= 0.3 is 0 Å². The van der Waals surface area contributed by atoms with Crippen LogP contribution in [0.1, 0.15) is 32.6 Å². The molecule has 15 heavy (non-hydrogen) atoms. The topological polar surface area (TPSA) is 75.4 Å². The summed E-state index contributed by atoms with van der Waals surface area (Å²) in [5.74, 6) is 0. The first-order chi connectivity index (χ1) is 7.04. The van der Waals surface area contributed by atoms with E-state index in [2.05, 4.69) is 5.32 Å². The number of rotatable bonds is 5. The minimum atomic E-state index is -3.53. The highest BCUT2D eigenvalue weighted by atomic mass is 32.2. The smallest absolute Gasteiger partial charge is 0.276 e. The van der Waals surface area contributed by atoms with E-state index >= 15 is 0 Å². The second kappa shape index (κ2) is 5.79. The van der Waals surface area contributed by atoms with E-state index in [1.54, 1.807) is 0 Å². The van der Waals surface area contributed by atoms with E-state index in [-0.39, 0.29) is 6.04 Å². The van der Waals surface area contributed by atoms with E-state index in [4.69, 9.17) is 5.14 Å². The molecule has 0 aromatic carbocycles. The Kier molecular flexibility index (Phi) is 4.98. The van der Waals surface area contributed by atoms with E-state index < -0.39 is 10.2 Å². The summed E-state index contributed by atoms with van der Waals surface area (Å²) in [6.45, 7) is 3.95. The monoisotopic (exact) mass is 235 g/mol. The summed E-state index contributed by atoms with van der Waals surface area (Å²) >= 11 is 0. The lowest BCUT2D eigenvalue weighted by molar-refractivity contribution is 0.312. The molecule has 0 aromatic rings. The molecule has 5 nitrogen and oxygen atoms in total. The molecular weight excluding hydrogens is 214 g/mol. The molecule has 0 saturated carbocycles. The van der Waals surface area contributed by atoms with E-state index in [0.29, 0.717) is 13.1 Å². The fraction of sp³-hybridized carbons (Fsp3) is 1.00. The van der Waals surface area contributed by atoms with Crippen molar-refractivity contribution >= 4 is 10.2 Å². The average molecular weight is 235 g/mol. The Labute approximate surface area is 92.2 Å². The van der Waals surface area contributed by atoms with Crippen molar-refractivity contribution < 1.29 is 8.42 Å². The SMILES string of the molecule is CCCN(CC1CCCCN1)S(N)(=O)=O. The third kappa shape index (κ3) is 4.46. The summed E-state index contributed by atoms with van der Waals surface area (Å²) < 4.78 is 23.9. The molecule has 1 heterocycles. The van der Waals surface area contributed by atoms with Gasteiger partial charge in [-0.2, -0.15) is 12.7 Å². The van der Waals surface area contributed by atoms with Gasteiger partial charge in [-0.15, -0.1) is 0 Å². The molecule has 0 aromatic heterocycles. The molecule has 1 rings (SSSR count). The van der Waals surface area contributed by atoms with Crippen molar-refractivity contribution in [2.24, 2.45) is 5.14 Å². The van der Waals surface area contributed by atoms with Crippen LogP contribution in [0.5, 0.6) is 0 Å². The number of nitrogens with two attached hydrogens (primary N) is 1. The first-order valence-electron chi connectivity index (χ1n) is 5.55. The van der Waals surface area contributed by atoms with Gasteiger partial charge in [0.25, 0.3) is 10.2 Å². The first kappa shape index (κ1) is 12.9. The summed E-state index contributed by atoms with van der Waals surface area (Å²) in [7, 11) is -3.53. The van der Waals surface area contributed by atoms with Crippen molar-refractivity contribution in [3.8, 4) is 0 Å². The van der Waals surface area contributed by atoms with Crippen LogP contribution in [0.2, 0.25) is 0 Å². The van der Waals surface area contributed by atoms with Crippen LogP contribution in [0, 0.1) is 0 Å². The predicted molar refractivity (Wildman–Crippen MR) is 60.6 cm³/mol. The first-order valence-corrected chi connectivity index (χ1v) is 7.05. The van der Waals surface area contributed by atoms with Gasteiger partial charge in [-0.25, -0.2) is 5.14 Å². The summed E-state index contributed by atoms with van der Waals surface area (Å²) in [6, 6.07) is 0.267. The molecular formula is C9H21N3O2S. The van der Waals surface area contributed by atoms with Gasteiger partial charge in [0.15, 0.2) is 0 Å². The minimum absolute atomic E-state index is 0.267. The molecule has 1 unspecified atom stereocenters. The van der Waals surface area contributed by atoms with Gasteiger partial charge in [-0.3, -0.25) is 0 Å². The Morgan fingerprint density at radius 2 is 2.20 bits per heavy atom. The molecule has 6 heteroatoms. The third-order valence-corrected chi connectivity index (χ3v) is 3.72. The number of nitrogens with one attached hydrogen (secondary N) is 1. The molecule has 1 aliphatic heterocycles. The Balaban J connectivity index is 2.50. The molecule has 0 radical (unpaired) electrons. The maximum Gasteiger partial charge on any atom is 0.276 e. The predicted octanol–water partition coefficient (Wildman–Crippen LogP) is 0.0440. The standard InChI is InChI=1S/C9H21N3O2S/c1-2-7-12(15(10,13)14)8-9-5-3-4-6-11-9/h9,11H,2-8H2,1H3,(H2,10,13,14). The summed E-state index contributed by atoms with van der Waals surface area (Å²) in [4.78, 5) is 0. The molecule has 1 atom stereocenters.